The number of benzene rings is 1. The van der Waals surface area contributed by atoms with Gasteiger partial charge in [0.2, 0.25) is 5.91 Å². The van der Waals surface area contributed by atoms with Crippen LogP contribution in [-0.2, 0) is 9.53 Å². The van der Waals surface area contributed by atoms with Crippen LogP contribution in [0.2, 0.25) is 0 Å². The summed E-state index contributed by atoms with van der Waals surface area (Å²) in [6.07, 6.45) is -1.05. The molecule has 0 saturated carbocycles. The van der Waals surface area contributed by atoms with E-state index in [0.717, 1.165) is 24.6 Å². The summed E-state index contributed by atoms with van der Waals surface area (Å²) in [4.78, 5) is 28.9. The topological polar surface area (TPSA) is 62.3 Å². The molecular weight excluding hydrogens is 373 g/mol. The average Bonchev–Trinajstić information content (AvgIpc) is 2.97. The second kappa shape index (κ2) is 7.10. The van der Waals surface area contributed by atoms with Crippen LogP contribution < -0.4 is 14.5 Å². The predicted molar refractivity (Wildman–Crippen MR) is 101 cm³/mol. The van der Waals surface area contributed by atoms with Gasteiger partial charge >= 0.3 is 6.09 Å². The molecular formula is C18H22FN3O4S. The van der Waals surface area contributed by atoms with Gasteiger partial charge in [-0.1, -0.05) is 0 Å². The van der Waals surface area contributed by atoms with Gasteiger partial charge in [0.05, 0.1) is 17.9 Å². The first-order valence-electron chi connectivity index (χ1n) is 8.96. The number of likely N-dealkylation sites (N-methyl/N-ethyl adjacent to an activating group) is 1. The third-order valence-corrected chi connectivity index (χ3v) is 6.19. The van der Waals surface area contributed by atoms with Crippen molar-refractivity contribution < 1.29 is 23.5 Å². The van der Waals surface area contributed by atoms with Gasteiger partial charge < -0.3 is 19.3 Å². The van der Waals surface area contributed by atoms with Gasteiger partial charge in [-0.3, -0.25) is 9.69 Å². The Kier molecular flexibility index (Phi) is 4.79. The normalized spacial score (nSPS) is 24.0. The molecule has 1 aromatic rings. The number of ether oxygens (including phenoxy) is 2. The molecule has 7 nitrogen and oxygen atoms in total. The molecule has 0 bridgehead atoms. The highest BCUT2D eigenvalue weighted by Gasteiger charge is 2.47. The third-order valence-electron chi connectivity index (χ3n) is 5.25. The lowest BCUT2D eigenvalue weighted by molar-refractivity contribution is -0.128. The maximum absolute atomic E-state index is 14.8. The number of rotatable bonds is 3. The van der Waals surface area contributed by atoms with Gasteiger partial charge in [0.15, 0.2) is 0 Å². The molecule has 2 atom stereocenters. The number of hydrogen-bond acceptors (Lipinski definition) is 6. The van der Waals surface area contributed by atoms with E-state index in [2.05, 4.69) is 0 Å². The lowest BCUT2D eigenvalue weighted by Gasteiger charge is -2.34. The van der Waals surface area contributed by atoms with E-state index in [9.17, 15) is 14.0 Å². The minimum Gasteiger partial charge on any atom is -0.489 e. The fraction of sp³-hybridized carbons (Fsp3) is 0.556. The molecule has 9 heteroatoms. The van der Waals surface area contributed by atoms with Crippen LogP contribution in [0.3, 0.4) is 0 Å². The number of amides is 2. The molecule has 2 fully saturated rings. The van der Waals surface area contributed by atoms with Crippen LogP contribution in [0.25, 0.3) is 0 Å². The number of fused-ring (bicyclic) bond motifs is 3. The fourth-order valence-corrected chi connectivity index (χ4v) is 4.54. The minimum absolute atomic E-state index is 0.114. The molecule has 0 unspecified atom stereocenters. The van der Waals surface area contributed by atoms with Gasteiger partial charge in [-0.2, -0.15) is 11.8 Å². The maximum atomic E-state index is 14.8. The molecule has 0 aromatic heterocycles. The Morgan fingerprint density at radius 2 is 2.07 bits per heavy atom. The molecule has 27 heavy (non-hydrogen) atoms. The highest BCUT2D eigenvalue weighted by Crippen LogP contribution is 2.42. The average molecular weight is 395 g/mol. The van der Waals surface area contributed by atoms with Crippen LogP contribution in [0, 0.1) is 5.82 Å². The zero-order chi connectivity index (χ0) is 19.1. The van der Waals surface area contributed by atoms with Crippen LogP contribution in [0.4, 0.5) is 20.6 Å². The molecule has 1 aromatic carbocycles. The Labute approximate surface area is 161 Å². The number of cyclic esters (lactones) is 1. The minimum atomic E-state index is -0.534. The van der Waals surface area contributed by atoms with Crippen LogP contribution in [0.1, 0.15) is 6.92 Å². The van der Waals surface area contributed by atoms with Crippen molar-refractivity contribution in [3.63, 3.8) is 0 Å². The van der Waals surface area contributed by atoms with Crippen molar-refractivity contribution in [3.8, 4) is 5.75 Å². The van der Waals surface area contributed by atoms with Crippen LogP contribution in [-0.4, -0.2) is 73.8 Å². The first-order valence-corrected chi connectivity index (χ1v) is 10.1. The van der Waals surface area contributed by atoms with E-state index in [0.29, 0.717) is 17.1 Å². The van der Waals surface area contributed by atoms with Gasteiger partial charge in [-0.25, -0.2) is 9.18 Å². The van der Waals surface area contributed by atoms with E-state index in [1.54, 1.807) is 13.1 Å². The van der Waals surface area contributed by atoms with Gasteiger partial charge in [-0.15, -0.1) is 0 Å². The first kappa shape index (κ1) is 18.2. The molecule has 0 N–H and O–H groups in total. The molecule has 3 aliphatic rings. The SMILES string of the molecule is CC(=O)N(C)C[C@@H]1OC(=O)N2c3cc(F)c(N4CCSCC4)cc3OC[C@@H]12. The van der Waals surface area contributed by atoms with E-state index in [1.165, 1.54) is 22.8 Å². The second-order valence-corrected chi connectivity index (χ2v) is 8.17. The largest absolute Gasteiger partial charge is 0.489 e. The second-order valence-electron chi connectivity index (χ2n) is 6.94. The van der Waals surface area contributed by atoms with Crippen LogP contribution in [0.15, 0.2) is 12.1 Å². The summed E-state index contributed by atoms with van der Waals surface area (Å²) >= 11 is 1.86. The molecule has 3 heterocycles. The number of carbonyl (C=O) groups excluding carboxylic acids is 2. The van der Waals surface area contributed by atoms with E-state index < -0.39 is 12.2 Å². The Morgan fingerprint density at radius 1 is 1.33 bits per heavy atom. The molecule has 146 valence electrons. The van der Waals surface area contributed by atoms with Gasteiger partial charge in [0.1, 0.15) is 30.3 Å². The molecule has 2 amide bonds. The third kappa shape index (κ3) is 3.28. The van der Waals surface area contributed by atoms with Crippen molar-refractivity contribution in [2.75, 3.05) is 54.6 Å². The van der Waals surface area contributed by atoms with Crippen molar-refractivity contribution in [1.82, 2.24) is 4.90 Å². The molecule has 4 rings (SSSR count). The van der Waals surface area contributed by atoms with Crippen molar-refractivity contribution in [2.45, 2.75) is 19.1 Å². The summed E-state index contributed by atoms with van der Waals surface area (Å²) in [5.74, 6) is 1.92. The zero-order valence-corrected chi connectivity index (χ0v) is 16.1. The molecule has 0 radical (unpaired) electrons. The number of thioether (sulfide) groups is 1. The van der Waals surface area contributed by atoms with E-state index in [4.69, 9.17) is 9.47 Å². The summed E-state index contributed by atoms with van der Waals surface area (Å²) in [6.45, 7) is 3.54. The highest BCUT2D eigenvalue weighted by molar-refractivity contribution is 7.99. The Hall–Kier alpha value is -2.16. The molecule has 3 aliphatic heterocycles. The zero-order valence-electron chi connectivity index (χ0n) is 15.3. The Morgan fingerprint density at radius 3 is 2.78 bits per heavy atom. The quantitative estimate of drug-likeness (QED) is 0.780. The van der Waals surface area contributed by atoms with Crippen molar-refractivity contribution in [3.05, 3.63) is 17.9 Å². The van der Waals surface area contributed by atoms with Gasteiger partial charge in [0.25, 0.3) is 0 Å². The number of halogens is 1. The number of anilines is 2. The van der Waals surface area contributed by atoms with Gasteiger partial charge in [0, 0.05) is 50.7 Å². The monoisotopic (exact) mass is 395 g/mol. The highest BCUT2D eigenvalue weighted by atomic mass is 32.2. The number of nitrogens with zero attached hydrogens (tertiary/aromatic N) is 3. The van der Waals surface area contributed by atoms with Crippen molar-refractivity contribution in [2.24, 2.45) is 0 Å². The molecule has 0 aliphatic carbocycles. The van der Waals surface area contributed by atoms with Crippen LogP contribution in [0.5, 0.6) is 5.75 Å². The maximum Gasteiger partial charge on any atom is 0.415 e. The van der Waals surface area contributed by atoms with Gasteiger partial charge in [-0.05, 0) is 0 Å². The summed E-state index contributed by atoms with van der Waals surface area (Å²) in [7, 11) is 1.65. The predicted octanol–water partition coefficient (Wildman–Crippen LogP) is 1.94. The summed E-state index contributed by atoms with van der Waals surface area (Å²) in [5.41, 5.74) is 0.893. The summed E-state index contributed by atoms with van der Waals surface area (Å²) in [6, 6.07) is 2.65. The number of hydrogen-bond donors (Lipinski definition) is 0. The Bertz CT molecular complexity index is 771. The summed E-state index contributed by atoms with van der Waals surface area (Å²) in [5, 5.41) is 0. The van der Waals surface area contributed by atoms with E-state index in [1.807, 2.05) is 16.7 Å². The van der Waals surface area contributed by atoms with E-state index in [-0.39, 0.29) is 30.9 Å². The Balaban J connectivity index is 1.60. The lowest BCUT2D eigenvalue weighted by Crippen LogP contribution is -2.48. The van der Waals surface area contributed by atoms with Crippen molar-refractivity contribution >= 4 is 35.1 Å². The first-order chi connectivity index (χ1) is 13.0. The number of carbonyl (C=O) groups is 2. The fourth-order valence-electron chi connectivity index (χ4n) is 3.64. The molecule has 0 spiro atoms. The molecule has 2 saturated heterocycles. The smallest absolute Gasteiger partial charge is 0.415 e. The standard InChI is InChI=1S/C18H22FN3O4S/c1-11(23)20(2)9-17-15-10-25-16-8-13(21-3-5-27-6-4-21)12(19)7-14(16)22(15)18(24)26-17/h7-8,15,17H,3-6,9-10H2,1-2H3/t15-,17-/m0/s1. The van der Waals surface area contributed by atoms with Crippen molar-refractivity contribution in [1.29, 1.82) is 0 Å². The summed E-state index contributed by atoms with van der Waals surface area (Å²) < 4.78 is 26.1. The van der Waals surface area contributed by atoms with E-state index >= 15 is 0 Å². The van der Waals surface area contributed by atoms with Crippen LogP contribution >= 0.6 is 11.8 Å². The lowest BCUT2D eigenvalue weighted by atomic mass is 10.1.